The fourth-order valence-corrected chi connectivity index (χ4v) is 2.64. The summed E-state index contributed by atoms with van der Waals surface area (Å²) in [4.78, 5) is 17.3. The van der Waals surface area contributed by atoms with Crippen LogP contribution in [0, 0.1) is 11.6 Å². The summed E-state index contributed by atoms with van der Waals surface area (Å²) in [5, 5.41) is 4.58. The molecule has 0 unspecified atom stereocenters. The lowest BCUT2D eigenvalue weighted by atomic mass is 10.2. The predicted molar refractivity (Wildman–Crippen MR) is 102 cm³/mol. The molecule has 1 aliphatic heterocycles. The number of halogens is 5. The van der Waals surface area contributed by atoms with Crippen molar-refractivity contribution in [1.29, 1.82) is 0 Å². The van der Waals surface area contributed by atoms with Gasteiger partial charge < -0.3 is 20.3 Å². The molecule has 29 heavy (non-hydrogen) atoms. The minimum atomic E-state index is -2.88. The van der Waals surface area contributed by atoms with Crippen LogP contribution in [-0.2, 0) is 4.74 Å². The van der Waals surface area contributed by atoms with Gasteiger partial charge >= 0.3 is 12.6 Å². The molecule has 6 nitrogen and oxygen atoms in total. The average molecular weight is 435 g/mol. The van der Waals surface area contributed by atoms with Crippen LogP contribution < -0.4 is 10.6 Å². The molecule has 1 aliphatic rings. The van der Waals surface area contributed by atoms with Gasteiger partial charge in [0.25, 0.3) is 0 Å². The highest BCUT2D eigenvalue weighted by molar-refractivity contribution is 6.31. The maximum atomic E-state index is 14.0. The number of aliphatic imine (C=N–C) groups is 1. The number of amidine groups is 1. The van der Waals surface area contributed by atoms with Crippen molar-refractivity contribution in [1.82, 2.24) is 10.2 Å². The second-order valence-electron chi connectivity index (χ2n) is 6.13. The highest BCUT2D eigenvalue weighted by Crippen LogP contribution is 2.26. The number of allylic oxidation sites excluding steroid dienone is 1. The number of nitrogens with one attached hydrogen (secondary N) is 2. The van der Waals surface area contributed by atoms with Crippen molar-refractivity contribution < 1.29 is 27.1 Å². The van der Waals surface area contributed by atoms with Crippen LogP contribution in [0.3, 0.4) is 0 Å². The number of urea groups is 1. The number of benzene rings is 1. The smallest absolute Gasteiger partial charge is 0.338 e. The van der Waals surface area contributed by atoms with Crippen LogP contribution in [0.15, 0.2) is 41.1 Å². The number of anilines is 1. The summed E-state index contributed by atoms with van der Waals surface area (Å²) in [6.07, 6.45) is 0.781. The van der Waals surface area contributed by atoms with E-state index >= 15 is 0 Å². The van der Waals surface area contributed by atoms with E-state index in [1.165, 1.54) is 18.0 Å². The Labute approximate surface area is 169 Å². The SMILES string of the molecule is C=C(/C=C(\C)NC(=O)N1CC(OC(F)F)C1)C(=NC)Nc1ccc(F)c(Cl)c1F. The number of carbonyl (C=O) groups excluding carboxylic acids is 1. The number of amides is 2. The Morgan fingerprint density at radius 3 is 2.66 bits per heavy atom. The molecule has 1 saturated heterocycles. The quantitative estimate of drug-likeness (QED) is 0.232. The number of rotatable bonds is 6. The minimum absolute atomic E-state index is 0.0538. The van der Waals surface area contributed by atoms with Crippen LogP contribution >= 0.6 is 11.6 Å². The van der Waals surface area contributed by atoms with Crippen LogP contribution in [0.1, 0.15) is 6.92 Å². The van der Waals surface area contributed by atoms with Crippen molar-refractivity contribution in [3.63, 3.8) is 0 Å². The molecule has 2 rings (SSSR count). The van der Waals surface area contributed by atoms with E-state index in [2.05, 4.69) is 26.9 Å². The Morgan fingerprint density at radius 2 is 2.07 bits per heavy atom. The summed E-state index contributed by atoms with van der Waals surface area (Å²) in [6.45, 7) is 2.61. The molecular weight excluding hydrogens is 416 g/mol. The fraction of sp³-hybridized carbons (Fsp3) is 0.333. The van der Waals surface area contributed by atoms with Crippen LogP contribution in [0.4, 0.5) is 28.0 Å². The highest BCUT2D eigenvalue weighted by Gasteiger charge is 2.33. The maximum absolute atomic E-state index is 14.0. The lowest BCUT2D eigenvalue weighted by Crippen LogP contribution is -2.57. The van der Waals surface area contributed by atoms with Crippen molar-refractivity contribution in [2.75, 3.05) is 25.5 Å². The van der Waals surface area contributed by atoms with E-state index in [-0.39, 0.29) is 24.6 Å². The van der Waals surface area contributed by atoms with E-state index < -0.39 is 35.4 Å². The third kappa shape index (κ3) is 5.94. The van der Waals surface area contributed by atoms with Gasteiger partial charge in [-0.05, 0) is 25.1 Å². The highest BCUT2D eigenvalue weighted by atomic mass is 35.5. The first kappa shape index (κ1) is 22.7. The molecular formula is C18H19ClF4N4O2. The van der Waals surface area contributed by atoms with Crippen molar-refractivity contribution >= 4 is 29.2 Å². The van der Waals surface area contributed by atoms with Gasteiger partial charge in [-0.1, -0.05) is 18.2 Å². The molecule has 0 aromatic heterocycles. The Bertz CT molecular complexity index is 855. The Hall–Kier alpha value is -2.59. The second kappa shape index (κ2) is 9.75. The van der Waals surface area contributed by atoms with Crippen LogP contribution in [0.5, 0.6) is 0 Å². The standard InChI is InChI=1S/C18H19ClF4N4O2/c1-9(16(24-3)26-13-5-4-12(20)14(19)15(13)21)6-10(2)25-18(28)27-7-11(8-27)29-17(22)23/h4-6,11,17H,1,7-8H2,2-3H3,(H,24,26)(H,25,28)/b10-6+. The van der Waals surface area contributed by atoms with E-state index in [9.17, 15) is 22.4 Å². The van der Waals surface area contributed by atoms with Gasteiger partial charge in [0, 0.05) is 18.3 Å². The third-order valence-corrected chi connectivity index (χ3v) is 4.29. The number of likely N-dealkylation sites (tertiary alicyclic amines) is 1. The summed E-state index contributed by atoms with van der Waals surface area (Å²) in [7, 11) is 1.43. The summed E-state index contributed by atoms with van der Waals surface area (Å²) >= 11 is 5.55. The number of ether oxygens (including phenoxy) is 1. The van der Waals surface area contributed by atoms with Gasteiger partial charge in [0.15, 0.2) is 5.82 Å². The van der Waals surface area contributed by atoms with Gasteiger partial charge in [0.2, 0.25) is 0 Å². The molecule has 0 radical (unpaired) electrons. The zero-order chi connectivity index (χ0) is 21.7. The Kier molecular flexibility index (Phi) is 7.63. The van der Waals surface area contributed by atoms with Gasteiger partial charge in [-0.25, -0.2) is 13.6 Å². The van der Waals surface area contributed by atoms with Crippen LogP contribution in [0.25, 0.3) is 0 Å². The molecule has 0 bridgehead atoms. The first-order valence-electron chi connectivity index (χ1n) is 8.36. The first-order valence-corrected chi connectivity index (χ1v) is 8.74. The zero-order valence-electron chi connectivity index (χ0n) is 15.6. The van der Waals surface area contributed by atoms with E-state index in [0.29, 0.717) is 11.3 Å². The number of alkyl halides is 2. The largest absolute Gasteiger partial charge is 0.345 e. The van der Waals surface area contributed by atoms with E-state index in [1.807, 2.05) is 0 Å². The summed E-state index contributed by atoms with van der Waals surface area (Å²) in [5.41, 5.74) is 0.588. The topological polar surface area (TPSA) is 66.0 Å². The van der Waals surface area contributed by atoms with Gasteiger partial charge in [0.05, 0.1) is 24.9 Å². The number of hydrogen-bond acceptors (Lipinski definition) is 3. The third-order valence-electron chi connectivity index (χ3n) is 3.94. The van der Waals surface area contributed by atoms with Crippen molar-refractivity contribution in [2.24, 2.45) is 4.99 Å². The minimum Gasteiger partial charge on any atom is -0.338 e. The molecule has 2 N–H and O–H groups in total. The average Bonchev–Trinajstić information content (AvgIpc) is 2.61. The number of carbonyl (C=O) groups is 1. The molecule has 0 saturated carbocycles. The van der Waals surface area contributed by atoms with E-state index in [1.54, 1.807) is 6.92 Å². The molecule has 0 spiro atoms. The number of nitrogens with zero attached hydrogens (tertiary/aromatic N) is 2. The first-order chi connectivity index (χ1) is 13.6. The van der Waals surface area contributed by atoms with E-state index in [4.69, 9.17) is 11.6 Å². The zero-order valence-corrected chi connectivity index (χ0v) is 16.4. The van der Waals surface area contributed by atoms with Crippen LogP contribution in [0.2, 0.25) is 5.02 Å². The molecule has 0 aliphatic carbocycles. The van der Waals surface area contributed by atoms with Gasteiger partial charge in [-0.15, -0.1) is 0 Å². The summed E-state index contributed by atoms with van der Waals surface area (Å²) in [6, 6.07) is 1.68. The van der Waals surface area contributed by atoms with Gasteiger partial charge in [-0.2, -0.15) is 8.78 Å². The van der Waals surface area contributed by atoms with Gasteiger partial charge in [-0.3, -0.25) is 4.99 Å². The molecule has 1 aromatic rings. The summed E-state index contributed by atoms with van der Waals surface area (Å²) in [5.74, 6) is -1.71. The molecule has 158 valence electrons. The van der Waals surface area contributed by atoms with Crippen LogP contribution in [-0.4, -0.2) is 49.6 Å². The molecule has 2 amide bonds. The molecule has 0 atom stereocenters. The predicted octanol–water partition coefficient (Wildman–Crippen LogP) is 4.15. The summed E-state index contributed by atoms with van der Waals surface area (Å²) < 4.78 is 55.8. The number of hydrogen-bond donors (Lipinski definition) is 2. The molecule has 1 aromatic carbocycles. The Balaban J connectivity index is 1.95. The molecule has 1 fully saturated rings. The lowest BCUT2D eigenvalue weighted by molar-refractivity contribution is -0.189. The van der Waals surface area contributed by atoms with Crippen molar-refractivity contribution in [3.05, 3.63) is 52.7 Å². The monoisotopic (exact) mass is 434 g/mol. The lowest BCUT2D eigenvalue weighted by Gasteiger charge is -2.38. The normalized spacial score (nSPS) is 15.4. The van der Waals surface area contributed by atoms with Crippen molar-refractivity contribution in [3.8, 4) is 0 Å². The second-order valence-corrected chi connectivity index (χ2v) is 6.50. The maximum Gasteiger partial charge on any atom is 0.345 e. The van der Waals surface area contributed by atoms with Gasteiger partial charge in [0.1, 0.15) is 16.7 Å². The Morgan fingerprint density at radius 1 is 1.41 bits per heavy atom. The molecule has 11 heteroatoms. The molecule has 1 heterocycles. The van der Waals surface area contributed by atoms with E-state index in [0.717, 1.165) is 12.1 Å². The fourth-order valence-electron chi connectivity index (χ4n) is 2.48. The van der Waals surface area contributed by atoms with Crippen molar-refractivity contribution in [2.45, 2.75) is 19.6 Å².